The summed E-state index contributed by atoms with van der Waals surface area (Å²) in [6.45, 7) is 1.48. The number of aliphatic hydroxyl groups is 1. The molecule has 1 amide bonds. The molecular weight excluding hydrogens is 374 g/mol. The lowest BCUT2D eigenvalue weighted by molar-refractivity contribution is -0.0431. The molecule has 6 nitrogen and oxygen atoms in total. The SMILES string of the molecule is O=C(c1cccc2cccnc12)N1CCC2(CC1)CC(O)(c1nccs1)CO2. The van der Waals surface area contributed by atoms with E-state index in [-0.39, 0.29) is 18.1 Å². The summed E-state index contributed by atoms with van der Waals surface area (Å²) in [4.78, 5) is 23.7. The van der Waals surface area contributed by atoms with Crippen LogP contribution >= 0.6 is 11.3 Å². The first-order valence-electron chi connectivity index (χ1n) is 9.48. The van der Waals surface area contributed by atoms with E-state index in [0.29, 0.717) is 42.9 Å². The fraction of sp³-hybridized carbons (Fsp3) is 0.381. The Morgan fingerprint density at radius 1 is 1.14 bits per heavy atom. The molecule has 2 saturated heterocycles. The molecule has 1 spiro atoms. The van der Waals surface area contributed by atoms with E-state index in [2.05, 4.69) is 9.97 Å². The van der Waals surface area contributed by atoms with Crippen molar-refractivity contribution in [2.75, 3.05) is 19.7 Å². The van der Waals surface area contributed by atoms with Gasteiger partial charge in [0.05, 0.1) is 23.3 Å². The van der Waals surface area contributed by atoms with Crippen LogP contribution in [0.5, 0.6) is 0 Å². The molecule has 28 heavy (non-hydrogen) atoms. The van der Waals surface area contributed by atoms with Gasteiger partial charge in [-0.1, -0.05) is 18.2 Å². The fourth-order valence-electron chi connectivity index (χ4n) is 4.38. The van der Waals surface area contributed by atoms with Gasteiger partial charge in [0.2, 0.25) is 0 Å². The first-order chi connectivity index (χ1) is 13.6. The minimum Gasteiger partial charge on any atom is -0.380 e. The molecule has 1 aromatic carbocycles. The third kappa shape index (κ3) is 2.90. The number of nitrogens with zero attached hydrogens (tertiary/aromatic N) is 3. The maximum atomic E-state index is 13.1. The van der Waals surface area contributed by atoms with Crippen molar-refractivity contribution in [2.45, 2.75) is 30.5 Å². The highest BCUT2D eigenvalue weighted by Crippen LogP contribution is 2.45. The van der Waals surface area contributed by atoms with Gasteiger partial charge < -0.3 is 14.7 Å². The quantitative estimate of drug-likeness (QED) is 0.722. The van der Waals surface area contributed by atoms with Crippen LogP contribution in [0.25, 0.3) is 10.9 Å². The van der Waals surface area contributed by atoms with Gasteiger partial charge in [-0.2, -0.15) is 0 Å². The minimum atomic E-state index is -1.01. The highest BCUT2D eigenvalue weighted by Gasteiger charge is 2.52. The molecule has 1 N–H and O–H groups in total. The van der Waals surface area contributed by atoms with E-state index < -0.39 is 5.60 Å². The Morgan fingerprint density at radius 2 is 1.96 bits per heavy atom. The van der Waals surface area contributed by atoms with E-state index in [1.165, 1.54) is 11.3 Å². The Kier molecular flexibility index (Phi) is 4.19. The number of fused-ring (bicyclic) bond motifs is 1. The van der Waals surface area contributed by atoms with Crippen molar-refractivity contribution in [3.05, 3.63) is 58.7 Å². The van der Waals surface area contributed by atoms with Crippen LogP contribution in [0.15, 0.2) is 48.1 Å². The van der Waals surface area contributed by atoms with Gasteiger partial charge in [-0.15, -0.1) is 11.3 Å². The van der Waals surface area contributed by atoms with Gasteiger partial charge in [0, 0.05) is 42.7 Å². The number of thiazole rings is 1. The average Bonchev–Trinajstić information content (AvgIpc) is 3.38. The molecule has 1 unspecified atom stereocenters. The second-order valence-corrected chi connectivity index (χ2v) is 8.58. The van der Waals surface area contributed by atoms with Crippen LogP contribution in [-0.2, 0) is 10.3 Å². The molecule has 5 rings (SSSR count). The summed E-state index contributed by atoms with van der Waals surface area (Å²) >= 11 is 1.46. The van der Waals surface area contributed by atoms with Crippen LogP contribution in [0, 0.1) is 0 Å². The Balaban J connectivity index is 1.32. The van der Waals surface area contributed by atoms with E-state index in [1.807, 2.05) is 40.6 Å². The first-order valence-corrected chi connectivity index (χ1v) is 10.4. The molecule has 2 aliphatic heterocycles. The molecule has 144 valence electrons. The predicted octanol–water partition coefficient (Wildman–Crippen LogP) is 2.97. The third-order valence-electron chi connectivity index (χ3n) is 5.89. The summed E-state index contributed by atoms with van der Waals surface area (Å²) in [5.74, 6) is 0.00679. The number of para-hydroxylation sites is 1. The zero-order valence-electron chi connectivity index (χ0n) is 15.4. The van der Waals surface area contributed by atoms with Crippen molar-refractivity contribution >= 4 is 28.1 Å². The highest BCUT2D eigenvalue weighted by atomic mass is 32.1. The number of amides is 1. The zero-order chi connectivity index (χ0) is 19.2. The normalized spacial score (nSPS) is 24.1. The summed E-state index contributed by atoms with van der Waals surface area (Å²) in [5.41, 5.74) is -0.0140. The third-order valence-corrected chi connectivity index (χ3v) is 6.85. The number of hydrogen-bond acceptors (Lipinski definition) is 6. The number of ether oxygens (including phenoxy) is 1. The molecule has 0 aliphatic carbocycles. The maximum Gasteiger partial charge on any atom is 0.256 e. The number of benzene rings is 1. The van der Waals surface area contributed by atoms with Gasteiger partial charge in [-0.3, -0.25) is 9.78 Å². The number of aromatic nitrogens is 2. The number of hydrogen-bond donors (Lipinski definition) is 1. The first kappa shape index (κ1) is 17.7. The predicted molar refractivity (Wildman–Crippen MR) is 106 cm³/mol. The fourth-order valence-corrected chi connectivity index (χ4v) is 5.11. The molecular formula is C21H21N3O3S. The number of carbonyl (C=O) groups is 1. The van der Waals surface area contributed by atoms with Crippen molar-refractivity contribution in [3.8, 4) is 0 Å². The molecule has 3 aromatic rings. The van der Waals surface area contributed by atoms with Crippen LogP contribution in [0.2, 0.25) is 0 Å². The summed E-state index contributed by atoms with van der Waals surface area (Å²) in [6, 6.07) is 9.56. The minimum absolute atomic E-state index is 0.00679. The maximum absolute atomic E-state index is 13.1. The van der Waals surface area contributed by atoms with Crippen molar-refractivity contribution in [1.29, 1.82) is 0 Å². The lowest BCUT2D eigenvalue weighted by Crippen LogP contribution is -2.47. The number of pyridine rings is 1. The van der Waals surface area contributed by atoms with Gasteiger partial charge in [-0.25, -0.2) is 4.98 Å². The second kappa shape index (κ2) is 6.62. The molecule has 2 aromatic heterocycles. The Labute approximate surface area is 166 Å². The van der Waals surface area contributed by atoms with Crippen molar-refractivity contribution in [3.63, 3.8) is 0 Å². The lowest BCUT2D eigenvalue weighted by atomic mass is 9.83. The van der Waals surface area contributed by atoms with Gasteiger partial charge in [0.15, 0.2) is 0 Å². The molecule has 0 bridgehead atoms. The molecule has 4 heterocycles. The van der Waals surface area contributed by atoms with E-state index in [4.69, 9.17) is 4.74 Å². The van der Waals surface area contributed by atoms with Crippen molar-refractivity contribution < 1.29 is 14.6 Å². The summed E-state index contributed by atoms with van der Waals surface area (Å²) < 4.78 is 6.09. The zero-order valence-corrected chi connectivity index (χ0v) is 16.2. The van der Waals surface area contributed by atoms with Crippen LogP contribution in [0.4, 0.5) is 0 Å². The number of likely N-dealkylation sites (tertiary alicyclic amines) is 1. The van der Waals surface area contributed by atoms with Gasteiger partial charge in [0.25, 0.3) is 5.91 Å². The standard InChI is InChI=1S/C21H21N3O3S/c25-18(16-5-1-3-15-4-2-8-22-17(15)16)24-10-6-20(7-11-24)13-21(26,14-27-20)19-23-9-12-28-19/h1-5,8-9,12,26H,6-7,10-11,13-14H2. The average molecular weight is 395 g/mol. The smallest absolute Gasteiger partial charge is 0.256 e. The topological polar surface area (TPSA) is 75.6 Å². The van der Waals surface area contributed by atoms with Crippen LogP contribution in [0.3, 0.4) is 0 Å². The summed E-state index contributed by atoms with van der Waals surface area (Å²) in [7, 11) is 0. The summed E-state index contributed by atoms with van der Waals surface area (Å²) in [5, 5.41) is 14.5. The molecule has 7 heteroatoms. The number of piperidine rings is 1. The van der Waals surface area contributed by atoms with E-state index >= 15 is 0 Å². The Morgan fingerprint density at radius 3 is 2.75 bits per heavy atom. The monoisotopic (exact) mass is 395 g/mol. The Bertz CT molecular complexity index is 1010. The van der Waals surface area contributed by atoms with Gasteiger partial charge in [0.1, 0.15) is 10.6 Å². The largest absolute Gasteiger partial charge is 0.380 e. The van der Waals surface area contributed by atoms with Crippen LogP contribution in [-0.4, -0.2) is 51.2 Å². The lowest BCUT2D eigenvalue weighted by Gasteiger charge is -2.39. The molecule has 1 atom stereocenters. The van der Waals surface area contributed by atoms with E-state index in [9.17, 15) is 9.90 Å². The molecule has 0 saturated carbocycles. The van der Waals surface area contributed by atoms with Gasteiger partial charge in [-0.05, 0) is 25.0 Å². The van der Waals surface area contributed by atoms with Gasteiger partial charge >= 0.3 is 0 Å². The number of rotatable bonds is 2. The molecule has 2 fully saturated rings. The molecule has 0 radical (unpaired) electrons. The molecule has 2 aliphatic rings. The van der Waals surface area contributed by atoms with E-state index in [0.717, 1.165) is 10.9 Å². The summed E-state index contributed by atoms with van der Waals surface area (Å²) in [6.07, 6.45) is 5.39. The second-order valence-electron chi connectivity index (χ2n) is 7.69. The van der Waals surface area contributed by atoms with E-state index in [1.54, 1.807) is 12.4 Å². The van der Waals surface area contributed by atoms with Crippen molar-refractivity contribution in [2.24, 2.45) is 0 Å². The number of carbonyl (C=O) groups excluding carboxylic acids is 1. The highest BCUT2D eigenvalue weighted by molar-refractivity contribution is 7.09. The van der Waals surface area contributed by atoms with Crippen LogP contribution < -0.4 is 0 Å². The Hall–Kier alpha value is -2.35. The van der Waals surface area contributed by atoms with Crippen molar-refractivity contribution in [1.82, 2.24) is 14.9 Å². The van der Waals surface area contributed by atoms with Crippen LogP contribution in [0.1, 0.15) is 34.6 Å².